The zero-order chi connectivity index (χ0) is 18.8. The predicted octanol–water partition coefficient (Wildman–Crippen LogP) is 4.56. The number of aromatic nitrogens is 1. The number of amides is 1. The van der Waals surface area contributed by atoms with Crippen molar-refractivity contribution >= 4 is 16.8 Å². The minimum atomic E-state index is -0.00513. The summed E-state index contributed by atoms with van der Waals surface area (Å²) in [6.07, 6.45) is 2.91. The molecule has 0 radical (unpaired) electrons. The topological polar surface area (TPSA) is 43.3 Å². The molecule has 1 amide bonds. The number of aryl methyl sites for hydroxylation is 1. The molecule has 2 heterocycles. The van der Waals surface area contributed by atoms with E-state index < -0.39 is 0 Å². The van der Waals surface area contributed by atoms with E-state index in [0.29, 0.717) is 0 Å². The molecule has 2 aromatic carbocycles. The average Bonchev–Trinajstić information content (AvgIpc) is 3.07. The van der Waals surface area contributed by atoms with Gasteiger partial charge >= 0.3 is 0 Å². The highest BCUT2D eigenvalue weighted by Gasteiger charge is 2.26. The zero-order valence-corrected chi connectivity index (χ0v) is 15.9. The van der Waals surface area contributed by atoms with Crippen LogP contribution < -0.4 is 10.1 Å². The van der Waals surface area contributed by atoms with E-state index in [9.17, 15) is 4.79 Å². The van der Waals surface area contributed by atoms with Crippen LogP contribution >= 0.6 is 0 Å². The molecule has 27 heavy (non-hydrogen) atoms. The standard InChI is InChI=1S/C23H26N2O2/c1-3-19-15-25-20(14-18-10-7-11-21(27-19)22(18)25)23(26)24-16(2)12-13-17-8-5-4-6-9-17/h4-11,14,16,19H,3,12-13,15H2,1-2H3,(H,24,26)/t16-,19+/m0/s1. The van der Waals surface area contributed by atoms with Gasteiger partial charge in [0.05, 0.1) is 12.1 Å². The highest BCUT2D eigenvalue weighted by molar-refractivity contribution is 6.00. The Bertz CT molecular complexity index is 946. The van der Waals surface area contributed by atoms with Gasteiger partial charge in [0.2, 0.25) is 0 Å². The summed E-state index contributed by atoms with van der Waals surface area (Å²) in [5.41, 5.74) is 3.06. The zero-order valence-electron chi connectivity index (χ0n) is 15.9. The van der Waals surface area contributed by atoms with Crippen LogP contribution in [0, 0.1) is 0 Å². The second-order valence-electron chi connectivity index (χ2n) is 7.38. The number of benzene rings is 2. The molecule has 1 aromatic heterocycles. The molecule has 0 saturated carbocycles. The van der Waals surface area contributed by atoms with Crippen LogP contribution in [0.4, 0.5) is 0 Å². The van der Waals surface area contributed by atoms with Gasteiger partial charge in [-0.15, -0.1) is 0 Å². The van der Waals surface area contributed by atoms with Gasteiger partial charge in [0.1, 0.15) is 17.5 Å². The third-order valence-electron chi connectivity index (χ3n) is 5.34. The first-order chi connectivity index (χ1) is 13.2. The van der Waals surface area contributed by atoms with Gasteiger partial charge in [0.25, 0.3) is 5.91 Å². The predicted molar refractivity (Wildman–Crippen MR) is 108 cm³/mol. The van der Waals surface area contributed by atoms with E-state index in [1.54, 1.807) is 0 Å². The van der Waals surface area contributed by atoms with E-state index in [1.807, 2.05) is 30.3 Å². The van der Waals surface area contributed by atoms with Crippen molar-refractivity contribution in [3.05, 3.63) is 65.9 Å². The largest absolute Gasteiger partial charge is 0.486 e. The van der Waals surface area contributed by atoms with E-state index in [1.165, 1.54) is 5.56 Å². The fourth-order valence-corrected chi connectivity index (χ4v) is 3.79. The Morgan fingerprint density at radius 2 is 2.04 bits per heavy atom. The summed E-state index contributed by atoms with van der Waals surface area (Å²) < 4.78 is 8.19. The van der Waals surface area contributed by atoms with Crippen molar-refractivity contribution < 1.29 is 9.53 Å². The van der Waals surface area contributed by atoms with Crippen molar-refractivity contribution in [1.29, 1.82) is 0 Å². The van der Waals surface area contributed by atoms with Crippen molar-refractivity contribution in [3.8, 4) is 5.75 Å². The van der Waals surface area contributed by atoms with Crippen LogP contribution in [-0.2, 0) is 13.0 Å². The minimum Gasteiger partial charge on any atom is -0.486 e. The van der Waals surface area contributed by atoms with E-state index in [0.717, 1.165) is 48.2 Å². The Morgan fingerprint density at radius 1 is 1.22 bits per heavy atom. The number of carbonyl (C=O) groups is 1. The Labute approximate surface area is 160 Å². The van der Waals surface area contributed by atoms with Gasteiger partial charge in [0.15, 0.2) is 0 Å². The van der Waals surface area contributed by atoms with Gasteiger partial charge in [-0.25, -0.2) is 0 Å². The molecule has 0 fully saturated rings. The van der Waals surface area contributed by atoms with Crippen molar-refractivity contribution in [2.75, 3.05) is 0 Å². The number of rotatable bonds is 6. The van der Waals surface area contributed by atoms with Gasteiger partial charge in [-0.3, -0.25) is 4.79 Å². The molecule has 0 unspecified atom stereocenters. The maximum Gasteiger partial charge on any atom is 0.268 e. The third kappa shape index (κ3) is 3.57. The first-order valence-electron chi connectivity index (χ1n) is 9.79. The molecular weight excluding hydrogens is 336 g/mol. The lowest BCUT2D eigenvalue weighted by Gasteiger charge is -2.26. The van der Waals surface area contributed by atoms with Crippen molar-refractivity contribution in [2.24, 2.45) is 0 Å². The molecule has 0 saturated heterocycles. The van der Waals surface area contributed by atoms with Gasteiger partial charge in [-0.1, -0.05) is 49.4 Å². The molecule has 1 N–H and O–H groups in total. The van der Waals surface area contributed by atoms with E-state index in [-0.39, 0.29) is 18.1 Å². The number of carbonyl (C=O) groups excluding carboxylic acids is 1. The second-order valence-corrected chi connectivity index (χ2v) is 7.38. The average molecular weight is 362 g/mol. The summed E-state index contributed by atoms with van der Waals surface area (Å²) in [4.78, 5) is 13.0. The normalized spacial score (nSPS) is 16.7. The highest BCUT2D eigenvalue weighted by Crippen LogP contribution is 2.34. The molecule has 3 aromatic rings. The maximum atomic E-state index is 13.0. The van der Waals surface area contributed by atoms with Crippen molar-refractivity contribution in [3.63, 3.8) is 0 Å². The number of ether oxygens (including phenoxy) is 1. The first-order valence-corrected chi connectivity index (χ1v) is 9.79. The van der Waals surface area contributed by atoms with Crippen LogP contribution in [-0.4, -0.2) is 22.6 Å². The van der Waals surface area contributed by atoms with E-state index in [4.69, 9.17) is 4.74 Å². The summed E-state index contributed by atoms with van der Waals surface area (Å²) in [5.74, 6) is 0.872. The highest BCUT2D eigenvalue weighted by atomic mass is 16.5. The molecule has 2 atom stereocenters. The summed E-state index contributed by atoms with van der Waals surface area (Å²) in [7, 11) is 0. The second kappa shape index (κ2) is 7.47. The summed E-state index contributed by atoms with van der Waals surface area (Å²) >= 11 is 0. The number of hydrogen-bond acceptors (Lipinski definition) is 2. The number of nitrogens with zero attached hydrogens (tertiary/aromatic N) is 1. The van der Waals surface area contributed by atoms with Gasteiger partial charge in [0, 0.05) is 11.4 Å². The quantitative estimate of drug-likeness (QED) is 0.698. The van der Waals surface area contributed by atoms with E-state index in [2.05, 4.69) is 48.0 Å². The fraction of sp³-hybridized carbons (Fsp3) is 0.348. The SMILES string of the molecule is CC[C@@H]1Cn2c(C(=O)N[C@@H](C)CCc3ccccc3)cc3cccc(c32)O1. The number of para-hydroxylation sites is 1. The van der Waals surface area contributed by atoms with Crippen LogP contribution in [0.15, 0.2) is 54.6 Å². The molecule has 1 aliphatic rings. The minimum absolute atomic E-state index is 0.00513. The summed E-state index contributed by atoms with van der Waals surface area (Å²) in [5, 5.41) is 4.24. The maximum absolute atomic E-state index is 13.0. The molecule has 0 aliphatic carbocycles. The van der Waals surface area contributed by atoms with Crippen molar-refractivity contribution in [1.82, 2.24) is 9.88 Å². The first kappa shape index (κ1) is 17.7. The van der Waals surface area contributed by atoms with Gasteiger partial charge in [-0.2, -0.15) is 0 Å². The lowest BCUT2D eigenvalue weighted by molar-refractivity contribution is 0.0922. The summed E-state index contributed by atoms with van der Waals surface area (Å²) in [6.45, 7) is 4.91. The van der Waals surface area contributed by atoms with Gasteiger partial charge in [-0.05, 0) is 43.9 Å². The van der Waals surface area contributed by atoms with Crippen LogP contribution in [0.2, 0.25) is 0 Å². The van der Waals surface area contributed by atoms with E-state index >= 15 is 0 Å². The molecule has 1 aliphatic heterocycles. The molecular formula is C23H26N2O2. The number of hydrogen-bond donors (Lipinski definition) is 1. The molecule has 4 nitrogen and oxygen atoms in total. The lowest BCUT2D eigenvalue weighted by atomic mass is 10.1. The Hall–Kier alpha value is -2.75. The van der Waals surface area contributed by atoms with Gasteiger partial charge < -0.3 is 14.6 Å². The lowest BCUT2D eigenvalue weighted by Crippen LogP contribution is -2.36. The van der Waals surface area contributed by atoms with Crippen LogP contribution in [0.3, 0.4) is 0 Å². The molecule has 0 spiro atoms. The molecule has 4 heteroatoms. The van der Waals surface area contributed by atoms with Crippen molar-refractivity contribution in [2.45, 2.75) is 51.8 Å². The third-order valence-corrected chi connectivity index (χ3v) is 5.34. The Morgan fingerprint density at radius 3 is 2.81 bits per heavy atom. The molecule has 140 valence electrons. The smallest absolute Gasteiger partial charge is 0.268 e. The Balaban J connectivity index is 1.51. The molecule has 4 rings (SSSR count). The monoisotopic (exact) mass is 362 g/mol. The number of nitrogens with one attached hydrogen (secondary N) is 1. The van der Waals surface area contributed by atoms with Crippen LogP contribution in [0.1, 0.15) is 42.7 Å². The fourth-order valence-electron chi connectivity index (χ4n) is 3.79. The summed E-state index contributed by atoms with van der Waals surface area (Å²) in [6, 6.07) is 18.5. The van der Waals surface area contributed by atoms with Crippen LogP contribution in [0.5, 0.6) is 5.75 Å². The Kier molecular flexibility index (Phi) is 4.88. The van der Waals surface area contributed by atoms with Crippen LogP contribution in [0.25, 0.3) is 10.9 Å². The molecule has 0 bridgehead atoms.